The van der Waals surface area contributed by atoms with Crippen molar-refractivity contribution in [3.63, 3.8) is 0 Å². The molecule has 0 spiro atoms. The Bertz CT molecular complexity index is 603. The van der Waals surface area contributed by atoms with Crippen molar-refractivity contribution in [2.24, 2.45) is 0 Å². The van der Waals surface area contributed by atoms with Crippen LogP contribution in [0, 0.1) is 0 Å². The van der Waals surface area contributed by atoms with Gasteiger partial charge in [0.15, 0.2) is 19.7 Å². The summed E-state index contributed by atoms with van der Waals surface area (Å²) in [5.41, 5.74) is 0. The molecule has 2 aliphatic heterocycles. The lowest BCUT2D eigenvalue weighted by Crippen LogP contribution is -2.49. The smallest absolute Gasteiger partial charge is 0.155 e. The molecule has 1 unspecified atom stereocenters. The minimum Gasteiger partial charge on any atom is -0.301 e. The minimum atomic E-state index is -2.89. The zero-order valence-corrected chi connectivity index (χ0v) is 16.1. The Kier molecular flexibility index (Phi) is 6.14. The van der Waals surface area contributed by atoms with Crippen molar-refractivity contribution in [3.8, 4) is 0 Å². The molecule has 0 aromatic carbocycles. The molecule has 0 N–H and O–H groups in total. The fraction of sp³-hybridized carbons (Fsp3) is 1.00. The summed E-state index contributed by atoms with van der Waals surface area (Å²) >= 11 is 0. The van der Waals surface area contributed by atoms with Crippen LogP contribution in [0.3, 0.4) is 0 Å². The van der Waals surface area contributed by atoms with E-state index in [9.17, 15) is 16.8 Å². The molecule has 0 aromatic heterocycles. The molecule has 3 atom stereocenters. The van der Waals surface area contributed by atoms with Crippen LogP contribution in [0.15, 0.2) is 0 Å². The maximum absolute atomic E-state index is 11.8. The molecule has 136 valence electrons. The molecule has 6 nitrogen and oxygen atoms in total. The van der Waals surface area contributed by atoms with E-state index in [-0.39, 0.29) is 22.0 Å². The van der Waals surface area contributed by atoms with E-state index in [1.54, 1.807) is 13.8 Å². The third-order valence-corrected chi connectivity index (χ3v) is 9.56. The van der Waals surface area contributed by atoms with Crippen LogP contribution in [0.5, 0.6) is 0 Å². The predicted octanol–water partition coefficient (Wildman–Crippen LogP) is 0.393. The van der Waals surface area contributed by atoms with Gasteiger partial charge in [0.2, 0.25) is 0 Å². The van der Waals surface area contributed by atoms with Gasteiger partial charge in [-0.3, -0.25) is 4.90 Å². The molecule has 0 bridgehead atoms. The van der Waals surface area contributed by atoms with Gasteiger partial charge >= 0.3 is 0 Å². The average molecular weight is 367 g/mol. The zero-order chi connectivity index (χ0) is 17.3. The second-order valence-electron chi connectivity index (χ2n) is 7.14. The first-order valence-corrected chi connectivity index (χ1v) is 11.9. The van der Waals surface area contributed by atoms with Gasteiger partial charge < -0.3 is 4.90 Å². The fourth-order valence-corrected chi connectivity index (χ4v) is 6.07. The Balaban J connectivity index is 1.72. The summed E-state index contributed by atoms with van der Waals surface area (Å²) in [5.74, 6) is 0.533. The molecule has 2 fully saturated rings. The van der Waals surface area contributed by atoms with E-state index in [2.05, 4.69) is 16.7 Å². The largest absolute Gasteiger partial charge is 0.301 e. The second kappa shape index (κ2) is 7.37. The summed E-state index contributed by atoms with van der Waals surface area (Å²) < 4.78 is 47.0. The van der Waals surface area contributed by atoms with Crippen molar-refractivity contribution in [2.45, 2.75) is 50.2 Å². The van der Waals surface area contributed by atoms with Crippen molar-refractivity contribution in [1.29, 1.82) is 0 Å². The third kappa shape index (κ3) is 4.90. The highest BCUT2D eigenvalue weighted by Gasteiger charge is 2.32. The van der Waals surface area contributed by atoms with Crippen LogP contribution in [-0.4, -0.2) is 87.4 Å². The molecule has 2 saturated heterocycles. The molecule has 23 heavy (non-hydrogen) atoms. The lowest BCUT2D eigenvalue weighted by Gasteiger charge is -2.36. The highest BCUT2D eigenvalue weighted by Crippen LogP contribution is 2.18. The molecule has 0 saturated carbocycles. The monoisotopic (exact) mass is 366 g/mol. The maximum atomic E-state index is 11.8. The topological polar surface area (TPSA) is 74.8 Å². The summed E-state index contributed by atoms with van der Waals surface area (Å²) in [7, 11) is -5.77. The van der Waals surface area contributed by atoms with Gasteiger partial charge in [-0.25, -0.2) is 16.8 Å². The first-order chi connectivity index (χ1) is 10.6. The van der Waals surface area contributed by atoms with Crippen LogP contribution in [0.1, 0.15) is 33.6 Å². The van der Waals surface area contributed by atoms with E-state index in [4.69, 9.17) is 0 Å². The number of sulfone groups is 2. The molecule has 2 rings (SSSR count). The van der Waals surface area contributed by atoms with Crippen LogP contribution < -0.4 is 0 Å². The van der Waals surface area contributed by atoms with Crippen molar-refractivity contribution in [3.05, 3.63) is 0 Å². The van der Waals surface area contributed by atoms with Gasteiger partial charge in [0, 0.05) is 32.2 Å². The van der Waals surface area contributed by atoms with Gasteiger partial charge in [0.25, 0.3) is 0 Å². The van der Waals surface area contributed by atoms with Gasteiger partial charge in [0.1, 0.15) is 0 Å². The van der Waals surface area contributed by atoms with Crippen LogP contribution in [0.4, 0.5) is 0 Å². The Labute approximate surface area is 141 Å². The van der Waals surface area contributed by atoms with Crippen molar-refractivity contribution in [2.75, 3.05) is 44.2 Å². The van der Waals surface area contributed by atoms with Gasteiger partial charge in [-0.15, -0.1) is 0 Å². The van der Waals surface area contributed by atoms with E-state index in [1.165, 1.54) is 0 Å². The van der Waals surface area contributed by atoms with Gasteiger partial charge in [-0.05, 0) is 40.2 Å². The predicted molar refractivity (Wildman–Crippen MR) is 93.2 cm³/mol. The van der Waals surface area contributed by atoms with Gasteiger partial charge in [-0.2, -0.15) is 0 Å². The Morgan fingerprint density at radius 1 is 0.957 bits per heavy atom. The van der Waals surface area contributed by atoms with Gasteiger partial charge in [-0.1, -0.05) is 0 Å². The Morgan fingerprint density at radius 3 is 2.09 bits per heavy atom. The first kappa shape index (κ1) is 19.1. The van der Waals surface area contributed by atoms with E-state index >= 15 is 0 Å². The van der Waals surface area contributed by atoms with Crippen LogP contribution in [-0.2, 0) is 19.7 Å². The van der Waals surface area contributed by atoms with Crippen LogP contribution >= 0.6 is 0 Å². The van der Waals surface area contributed by atoms with Crippen LogP contribution in [0.25, 0.3) is 0 Å². The van der Waals surface area contributed by atoms with Crippen molar-refractivity contribution in [1.82, 2.24) is 9.80 Å². The normalized spacial score (nSPS) is 33.3. The van der Waals surface area contributed by atoms with Crippen molar-refractivity contribution < 1.29 is 16.8 Å². The standard InChI is InChI=1S/C15H30N2O4S2/c1-13(17-8-10-23(20,21)15(3)12-17)5-4-6-16-7-9-22(18,19)14(2)11-16/h13-15H,4-12H2,1-3H3/t13?,14-,15-/m1/s1. The van der Waals surface area contributed by atoms with Gasteiger partial charge in [0.05, 0.1) is 22.0 Å². The number of hydrogen-bond acceptors (Lipinski definition) is 6. The molecule has 0 aliphatic carbocycles. The Hall–Kier alpha value is -0.180. The zero-order valence-electron chi connectivity index (χ0n) is 14.4. The summed E-state index contributed by atoms with van der Waals surface area (Å²) in [4.78, 5) is 4.51. The quantitative estimate of drug-likeness (QED) is 0.701. The number of hydrogen-bond donors (Lipinski definition) is 0. The SMILES string of the molecule is CC(CCCN1CCS(=O)(=O)[C@H](C)C1)N1CCS(=O)(=O)[C@H](C)C1. The van der Waals surface area contributed by atoms with Crippen molar-refractivity contribution >= 4 is 19.7 Å². The van der Waals surface area contributed by atoms with E-state index < -0.39 is 19.7 Å². The molecule has 0 radical (unpaired) electrons. The lowest BCUT2D eigenvalue weighted by atomic mass is 10.1. The average Bonchev–Trinajstić information content (AvgIpc) is 2.46. The second-order valence-corrected chi connectivity index (χ2v) is 12.2. The van der Waals surface area contributed by atoms with Crippen LogP contribution in [0.2, 0.25) is 0 Å². The molecule has 0 amide bonds. The number of rotatable bonds is 5. The molecule has 0 aromatic rings. The Morgan fingerprint density at radius 2 is 1.52 bits per heavy atom. The summed E-state index contributed by atoms with van der Waals surface area (Å²) in [6.07, 6.45) is 2.04. The summed E-state index contributed by atoms with van der Waals surface area (Å²) in [6.45, 7) is 9.20. The maximum Gasteiger partial charge on any atom is 0.155 e. The van der Waals surface area contributed by atoms with E-state index in [0.29, 0.717) is 32.2 Å². The summed E-state index contributed by atoms with van der Waals surface area (Å²) in [5, 5.41) is -0.534. The molecule has 2 heterocycles. The molecular weight excluding hydrogens is 336 g/mol. The number of nitrogens with zero attached hydrogens (tertiary/aromatic N) is 2. The highest BCUT2D eigenvalue weighted by molar-refractivity contribution is 7.92. The first-order valence-electron chi connectivity index (χ1n) is 8.51. The summed E-state index contributed by atoms with van der Waals surface area (Å²) in [6, 6.07) is 0.374. The molecular formula is C15H30N2O4S2. The van der Waals surface area contributed by atoms with E-state index in [0.717, 1.165) is 19.4 Å². The highest BCUT2D eigenvalue weighted by atomic mass is 32.2. The fourth-order valence-electron chi connectivity index (χ4n) is 3.40. The third-order valence-electron chi connectivity index (χ3n) is 5.31. The minimum absolute atomic E-state index is 0.262. The molecule has 2 aliphatic rings. The molecule has 8 heteroatoms. The van der Waals surface area contributed by atoms with E-state index in [1.807, 2.05) is 0 Å². The lowest BCUT2D eigenvalue weighted by molar-refractivity contribution is 0.190.